The lowest BCUT2D eigenvalue weighted by molar-refractivity contribution is 0.0675. The summed E-state index contributed by atoms with van der Waals surface area (Å²) in [5, 5.41) is 9.21. The lowest BCUT2D eigenvalue weighted by Gasteiger charge is -2.27. The second kappa shape index (κ2) is 24.1. The lowest BCUT2D eigenvalue weighted by atomic mass is 9.83. The van der Waals surface area contributed by atoms with Gasteiger partial charge in [-0.15, -0.1) is 0 Å². The van der Waals surface area contributed by atoms with E-state index in [2.05, 4.69) is 6.92 Å². The summed E-state index contributed by atoms with van der Waals surface area (Å²) < 4.78 is 5.92. The Balaban J connectivity index is 1.65. The Bertz CT molecular complexity index is 349. The van der Waals surface area contributed by atoms with E-state index in [1.54, 1.807) is 0 Å². The third kappa shape index (κ3) is 19.4. The molecule has 1 fully saturated rings. The quantitative estimate of drug-likeness (QED) is 0.148. The normalized spacial score (nSPS) is 18.9. The number of unbranched alkanes of at least 4 members (excludes halogenated alkanes) is 19. The Kier molecular flexibility index (Phi) is 22.5. The first-order valence-electron chi connectivity index (χ1n) is 15.1. The van der Waals surface area contributed by atoms with Crippen LogP contribution in [0.4, 0.5) is 0 Å². The van der Waals surface area contributed by atoms with Gasteiger partial charge in [-0.05, 0) is 43.9 Å². The first-order valence-corrected chi connectivity index (χ1v) is 15.1. The standard InChI is InChI=1S/C30H60O2/c1-2-3-4-5-6-7-8-9-10-11-12-13-14-15-16-17-18-19-20-21-26-32-28-30-24-22-29(27-31)23-25-30/h29-31H,2-28H2,1H3. The molecule has 0 aliphatic heterocycles. The highest BCUT2D eigenvalue weighted by molar-refractivity contribution is 4.71. The van der Waals surface area contributed by atoms with Crippen molar-refractivity contribution in [2.24, 2.45) is 11.8 Å². The summed E-state index contributed by atoms with van der Waals surface area (Å²) >= 11 is 0. The van der Waals surface area contributed by atoms with E-state index in [-0.39, 0.29) is 0 Å². The summed E-state index contributed by atoms with van der Waals surface area (Å²) in [6, 6.07) is 0. The summed E-state index contributed by atoms with van der Waals surface area (Å²) in [5.74, 6) is 1.32. The molecule has 1 aliphatic rings. The van der Waals surface area contributed by atoms with E-state index in [0.29, 0.717) is 12.5 Å². The molecule has 0 saturated heterocycles. The van der Waals surface area contributed by atoms with Crippen LogP contribution in [0.1, 0.15) is 161 Å². The zero-order chi connectivity index (χ0) is 23.0. The summed E-state index contributed by atoms with van der Waals surface area (Å²) in [6.45, 7) is 4.59. The van der Waals surface area contributed by atoms with Crippen LogP contribution < -0.4 is 0 Å². The molecular weight excluding hydrogens is 392 g/mol. The van der Waals surface area contributed by atoms with Crippen molar-refractivity contribution in [1.82, 2.24) is 0 Å². The highest BCUT2D eigenvalue weighted by atomic mass is 16.5. The fourth-order valence-electron chi connectivity index (χ4n) is 5.29. The van der Waals surface area contributed by atoms with E-state index < -0.39 is 0 Å². The van der Waals surface area contributed by atoms with Gasteiger partial charge >= 0.3 is 0 Å². The Morgan fingerprint density at radius 1 is 0.500 bits per heavy atom. The van der Waals surface area contributed by atoms with Crippen molar-refractivity contribution in [3.8, 4) is 0 Å². The zero-order valence-electron chi connectivity index (χ0n) is 22.1. The van der Waals surface area contributed by atoms with Crippen molar-refractivity contribution in [2.45, 2.75) is 161 Å². The Hall–Kier alpha value is -0.0800. The van der Waals surface area contributed by atoms with Gasteiger partial charge in [0.1, 0.15) is 0 Å². The monoisotopic (exact) mass is 452 g/mol. The van der Waals surface area contributed by atoms with Gasteiger partial charge in [0.15, 0.2) is 0 Å². The van der Waals surface area contributed by atoms with Crippen LogP contribution in [-0.4, -0.2) is 24.9 Å². The van der Waals surface area contributed by atoms with Gasteiger partial charge in [0.25, 0.3) is 0 Å². The summed E-state index contributed by atoms with van der Waals surface area (Å²) in [5.41, 5.74) is 0. The van der Waals surface area contributed by atoms with Crippen molar-refractivity contribution in [2.75, 3.05) is 19.8 Å². The third-order valence-electron chi connectivity index (χ3n) is 7.72. The molecule has 0 radical (unpaired) electrons. The Morgan fingerprint density at radius 3 is 1.22 bits per heavy atom. The average Bonchev–Trinajstić information content (AvgIpc) is 2.82. The molecule has 2 heteroatoms. The maximum absolute atomic E-state index is 9.21. The van der Waals surface area contributed by atoms with Gasteiger partial charge < -0.3 is 9.84 Å². The van der Waals surface area contributed by atoms with E-state index in [1.807, 2.05) is 0 Å². The molecule has 1 aliphatic carbocycles. The molecule has 0 aromatic heterocycles. The Labute approximate surface area is 202 Å². The average molecular weight is 453 g/mol. The van der Waals surface area contributed by atoms with Crippen molar-refractivity contribution >= 4 is 0 Å². The molecule has 1 N–H and O–H groups in total. The van der Waals surface area contributed by atoms with Crippen LogP contribution in [0.25, 0.3) is 0 Å². The maximum atomic E-state index is 9.21. The molecule has 0 heterocycles. The Morgan fingerprint density at radius 2 is 0.844 bits per heavy atom. The molecule has 32 heavy (non-hydrogen) atoms. The molecule has 0 amide bonds. The van der Waals surface area contributed by atoms with Crippen LogP contribution in [-0.2, 0) is 4.74 Å². The SMILES string of the molecule is CCCCCCCCCCCCCCCCCCCCCCOCC1CCC(CO)CC1. The second-order valence-corrected chi connectivity index (χ2v) is 10.9. The molecule has 0 spiro atoms. The van der Waals surface area contributed by atoms with Crippen molar-refractivity contribution in [3.05, 3.63) is 0 Å². The smallest absolute Gasteiger partial charge is 0.0494 e. The highest BCUT2D eigenvalue weighted by Gasteiger charge is 2.20. The molecule has 0 atom stereocenters. The van der Waals surface area contributed by atoms with Crippen molar-refractivity contribution < 1.29 is 9.84 Å². The van der Waals surface area contributed by atoms with Crippen LogP contribution >= 0.6 is 0 Å². The number of hydrogen-bond acceptors (Lipinski definition) is 2. The number of ether oxygens (including phenoxy) is 1. The molecular formula is C30H60O2. The van der Waals surface area contributed by atoms with Crippen molar-refractivity contribution in [1.29, 1.82) is 0 Å². The van der Waals surface area contributed by atoms with Crippen LogP contribution in [0.2, 0.25) is 0 Å². The molecule has 1 saturated carbocycles. The molecule has 1 rings (SSSR count). The van der Waals surface area contributed by atoms with Gasteiger partial charge in [0, 0.05) is 19.8 Å². The van der Waals surface area contributed by atoms with E-state index >= 15 is 0 Å². The van der Waals surface area contributed by atoms with E-state index in [1.165, 1.54) is 154 Å². The van der Waals surface area contributed by atoms with Crippen LogP contribution in [0, 0.1) is 11.8 Å². The fraction of sp³-hybridized carbons (Fsp3) is 1.00. The minimum absolute atomic E-state index is 0.382. The fourth-order valence-corrected chi connectivity index (χ4v) is 5.29. The molecule has 192 valence electrons. The van der Waals surface area contributed by atoms with Crippen LogP contribution in [0.3, 0.4) is 0 Å². The minimum Gasteiger partial charge on any atom is -0.396 e. The van der Waals surface area contributed by atoms with E-state index in [0.717, 1.165) is 19.1 Å². The number of hydrogen-bond donors (Lipinski definition) is 1. The van der Waals surface area contributed by atoms with Crippen LogP contribution in [0.5, 0.6) is 0 Å². The van der Waals surface area contributed by atoms with Crippen LogP contribution in [0.15, 0.2) is 0 Å². The van der Waals surface area contributed by atoms with E-state index in [9.17, 15) is 5.11 Å². The van der Waals surface area contributed by atoms with Gasteiger partial charge in [0.2, 0.25) is 0 Å². The molecule has 0 aromatic rings. The first kappa shape index (κ1) is 30.0. The second-order valence-electron chi connectivity index (χ2n) is 10.9. The predicted molar refractivity (Wildman–Crippen MR) is 141 cm³/mol. The summed E-state index contributed by atoms with van der Waals surface area (Å²) in [6.07, 6.45) is 33.6. The third-order valence-corrected chi connectivity index (χ3v) is 7.72. The van der Waals surface area contributed by atoms with E-state index in [4.69, 9.17) is 4.74 Å². The summed E-state index contributed by atoms with van der Waals surface area (Å²) in [4.78, 5) is 0. The number of aliphatic hydroxyl groups excluding tert-OH is 1. The number of rotatable bonds is 24. The van der Waals surface area contributed by atoms with Gasteiger partial charge in [-0.3, -0.25) is 0 Å². The first-order chi connectivity index (χ1) is 15.9. The van der Waals surface area contributed by atoms with Gasteiger partial charge in [0.05, 0.1) is 0 Å². The van der Waals surface area contributed by atoms with Crippen molar-refractivity contribution in [3.63, 3.8) is 0 Å². The largest absolute Gasteiger partial charge is 0.396 e. The highest BCUT2D eigenvalue weighted by Crippen LogP contribution is 2.28. The minimum atomic E-state index is 0.382. The maximum Gasteiger partial charge on any atom is 0.0494 e. The molecule has 0 aromatic carbocycles. The topological polar surface area (TPSA) is 29.5 Å². The molecule has 0 unspecified atom stereocenters. The molecule has 2 nitrogen and oxygen atoms in total. The number of aliphatic hydroxyl groups is 1. The predicted octanol–water partition coefficient (Wildman–Crippen LogP) is 9.62. The molecule has 0 bridgehead atoms. The summed E-state index contributed by atoms with van der Waals surface area (Å²) in [7, 11) is 0. The van der Waals surface area contributed by atoms with Gasteiger partial charge in [-0.25, -0.2) is 0 Å². The lowest BCUT2D eigenvalue weighted by Crippen LogP contribution is -2.20. The van der Waals surface area contributed by atoms with Gasteiger partial charge in [-0.2, -0.15) is 0 Å². The zero-order valence-corrected chi connectivity index (χ0v) is 22.1. The van der Waals surface area contributed by atoms with Gasteiger partial charge in [-0.1, -0.05) is 129 Å².